The average Bonchev–Trinajstić information content (AvgIpc) is 3.40. The van der Waals surface area contributed by atoms with Gasteiger partial charge < -0.3 is 14.6 Å². The van der Waals surface area contributed by atoms with Crippen LogP contribution in [0.3, 0.4) is 0 Å². The Balaban J connectivity index is 1.49. The first-order valence-corrected chi connectivity index (χ1v) is 10.1. The summed E-state index contributed by atoms with van der Waals surface area (Å²) in [5.74, 6) is 3.09. The predicted molar refractivity (Wildman–Crippen MR) is 107 cm³/mol. The van der Waals surface area contributed by atoms with E-state index in [0.29, 0.717) is 23.9 Å². The van der Waals surface area contributed by atoms with Gasteiger partial charge in [0.05, 0.1) is 13.4 Å². The van der Waals surface area contributed by atoms with Gasteiger partial charge in [-0.3, -0.25) is 4.90 Å². The van der Waals surface area contributed by atoms with Crippen molar-refractivity contribution >= 4 is 17.0 Å². The fourth-order valence-corrected chi connectivity index (χ4v) is 5.88. The lowest BCUT2D eigenvalue weighted by Crippen LogP contribution is -2.60. The number of hydrogen-bond acceptors (Lipinski definition) is 6. The Morgan fingerprint density at radius 1 is 1.07 bits per heavy atom. The molecule has 0 amide bonds. The molecule has 0 unspecified atom stereocenters. The second kappa shape index (κ2) is 6.17. The largest absolute Gasteiger partial charge is 0.496 e. The SMILES string of the molecule is COc1ccccc1[C@@H]1CN(c2ncnc3nc[nH]c23)[C@@H]2C3CCN(CC3)[C@@H]21. The van der Waals surface area contributed by atoms with Crippen molar-refractivity contribution in [1.82, 2.24) is 24.8 Å². The van der Waals surface area contributed by atoms with Gasteiger partial charge in [-0.2, -0.15) is 0 Å². The summed E-state index contributed by atoms with van der Waals surface area (Å²) in [6, 6.07) is 9.47. The van der Waals surface area contributed by atoms with Gasteiger partial charge in [0, 0.05) is 30.1 Å². The maximum absolute atomic E-state index is 5.74. The number of nitrogens with zero attached hydrogens (tertiary/aromatic N) is 5. The zero-order chi connectivity index (χ0) is 18.7. The smallest absolute Gasteiger partial charge is 0.182 e. The van der Waals surface area contributed by atoms with Gasteiger partial charge in [-0.25, -0.2) is 15.0 Å². The van der Waals surface area contributed by atoms with Crippen molar-refractivity contribution in [2.45, 2.75) is 30.8 Å². The number of fused-ring (bicyclic) bond motifs is 3. The van der Waals surface area contributed by atoms with E-state index in [9.17, 15) is 0 Å². The van der Waals surface area contributed by atoms with Crippen LogP contribution in [-0.4, -0.2) is 63.7 Å². The summed E-state index contributed by atoms with van der Waals surface area (Å²) in [6.45, 7) is 3.34. The third-order valence-electron chi connectivity index (χ3n) is 7.01. The molecule has 6 heterocycles. The van der Waals surface area contributed by atoms with Crippen LogP contribution in [-0.2, 0) is 0 Å². The van der Waals surface area contributed by atoms with Crippen LogP contribution in [0.25, 0.3) is 11.2 Å². The molecule has 1 aromatic carbocycles. The molecule has 2 bridgehead atoms. The highest BCUT2D eigenvalue weighted by atomic mass is 16.5. The minimum atomic E-state index is 0.400. The molecule has 0 spiro atoms. The lowest BCUT2D eigenvalue weighted by Gasteiger charge is -2.51. The summed E-state index contributed by atoms with van der Waals surface area (Å²) in [6.07, 6.45) is 5.90. The highest BCUT2D eigenvalue weighted by Gasteiger charge is 2.54. The fourth-order valence-electron chi connectivity index (χ4n) is 5.88. The van der Waals surface area contributed by atoms with E-state index in [1.54, 1.807) is 19.8 Å². The highest BCUT2D eigenvalue weighted by molar-refractivity contribution is 5.83. The number of ether oxygens (including phenoxy) is 1. The lowest BCUT2D eigenvalue weighted by molar-refractivity contribution is 0.0352. The van der Waals surface area contributed by atoms with E-state index >= 15 is 0 Å². The molecule has 4 saturated heterocycles. The number of rotatable bonds is 3. The number of aromatic amines is 1. The number of anilines is 1. The lowest BCUT2D eigenvalue weighted by atomic mass is 9.75. The van der Waals surface area contributed by atoms with Gasteiger partial charge in [-0.1, -0.05) is 18.2 Å². The van der Waals surface area contributed by atoms with Gasteiger partial charge in [0.25, 0.3) is 0 Å². The quantitative estimate of drug-likeness (QED) is 0.757. The van der Waals surface area contributed by atoms with E-state index in [1.165, 1.54) is 31.5 Å². The summed E-state index contributed by atoms with van der Waals surface area (Å²) < 4.78 is 5.74. The molecule has 7 rings (SSSR count). The first kappa shape index (κ1) is 16.3. The van der Waals surface area contributed by atoms with Crippen LogP contribution in [0, 0.1) is 5.92 Å². The first-order valence-electron chi connectivity index (χ1n) is 10.1. The molecule has 144 valence electrons. The van der Waals surface area contributed by atoms with Gasteiger partial charge in [-0.15, -0.1) is 0 Å². The molecule has 4 fully saturated rings. The Bertz CT molecular complexity index is 1010. The van der Waals surface area contributed by atoms with E-state index in [4.69, 9.17) is 9.72 Å². The number of para-hydroxylation sites is 1. The zero-order valence-electron chi connectivity index (χ0n) is 16.0. The number of hydrogen-bond donors (Lipinski definition) is 1. The number of methoxy groups -OCH3 is 1. The molecule has 7 nitrogen and oxygen atoms in total. The van der Waals surface area contributed by atoms with Gasteiger partial charge in [0.15, 0.2) is 11.5 Å². The summed E-state index contributed by atoms with van der Waals surface area (Å²) in [5, 5.41) is 0. The predicted octanol–water partition coefficient (Wildman–Crippen LogP) is 2.43. The molecule has 3 aromatic rings. The van der Waals surface area contributed by atoms with Crippen LogP contribution >= 0.6 is 0 Å². The number of nitrogens with one attached hydrogen (secondary N) is 1. The fraction of sp³-hybridized carbons (Fsp3) is 0.476. The van der Waals surface area contributed by atoms with Crippen molar-refractivity contribution in [3.05, 3.63) is 42.5 Å². The number of H-pyrrole nitrogens is 1. The Kier molecular flexibility index (Phi) is 3.59. The molecule has 0 radical (unpaired) electrons. The second-order valence-corrected chi connectivity index (χ2v) is 8.15. The molecule has 0 aliphatic carbocycles. The van der Waals surface area contributed by atoms with Gasteiger partial charge in [-0.05, 0) is 37.9 Å². The molecule has 0 saturated carbocycles. The van der Waals surface area contributed by atoms with E-state index in [2.05, 4.69) is 49.0 Å². The van der Waals surface area contributed by atoms with Gasteiger partial charge in [0.2, 0.25) is 0 Å². The van der Waals surface area contributed by atoms with Crippen LogP contribution < -0.4 is 9.64 Å². The number of piperidine rings is 3. The Labute approximate surface area is 163 Å². The van der Waals surface area contributed by atoms with Crippen molar-refractivity contribution in [1.29, 1.82) is 0 Å². The molecule has 3 atom stereocenters. The van der Waals surface area contributed by atoms with Crippen molar-refractivity contribution in [2.75, 3.05) is 31.6 Å². The summed E-state index contributed by atoms with van der Waals surface area (Å²) >= 11 is 0. The van der Waals surface area contributed by atoms with Gasteiger partial charge >= 0.3 is 0 Å². The molecule has 4 aliphatic rings. The number of benzene rings is 1. The Hall–Kier alpha value is -2.67. The van der Waals surface area contributed by atoms with E-state index in [-0.39, 0.29) is 0 Å². The molecule has 1 N–H and O–H groups in total. The molecule has 7 heteroatoms. The van der Waals surface area contributed by atoms with E-state index in [0.717, 1.165) is 29.3 Å². The standard InChI is InChI=1S/C21H24N6O/c1-28-16-5-3-2-4-14(16)15-10-27(18-13-6-8-26(9-7-13)19(15)18)21-17-20(23-11-22-17)24-12-25-21/h2-5,11-13,15,18-19H,6-10H2,1H3,(H,22,23,24,25)/t15-,18+,19+/m0/s1. The van der Waals surface area contributed by atoms with Crippen LogP contribution in [0.1, 0.15) is 24.3 Å². The van der Waals surface area contributed by atoms with Crippen molar-refractivity contribution in [2.24, 2.45) is 5.92 Å². The monoisotopic (exact) mass is 376 g/mol. The number of aromatic nitrogens is 4. The molecule has 28 heavy (non-hydrogen) atoms. The normalized spacial score (nSPS) is 31.3. The molecular formula is C21H24N6O. The van der Waals surface area contributed by atoms with E-state index in [1.807, 2.05) is 0 Å². The number of imidazole rings is 1. The van der Waals surface area contributed by atoms with E-state index < -0.39 is 0 Å². The highest BCUT2D eigenvalue weighted by Crippen LogP contribution is 2.49. The molecule has 4 aliphatic heterocycles. The van der Waals surface area contributed by atoms with Crippen molar-refractivity contribution in [3.63, 3.8) is 0 Å². The van der Waals surface area contributed by atoms with Gasteiger partial charge in [0.1, 0.15) is 17.6 Å². The zero-order valence-corrected chi connectivity index (χ0v) is 16.0. The minimum absolute atomic E-state index is 0.400. The summed E-state index contributed by atoms with van der Waals surface area (Å²) in [5.41, 5.74) is 2.99. The van der Waals surface area contributed by atoms with Crippen molar-refractivity contribution in [3.8, 4) is 5.75 Å². The van der Waals surface area contributed by atoms with Crippen LogP contribution in [0.2, 0.25) is 0 Å². The van der Waals surface area contributed by atoms with Crippen LogP contribution in [0.5, 0.6) is 5.75 Å². The third kappa shape index (κ3) is 2.22. The van der Waals surface area contributed by atoms with Crippen LogP contribution in [0.15, 0.2) is 36.9 Å². The minimum Gasteiger partial charge on any atom is -0.496 e. The topological polar surface area (TPSA) is 70.2 Å². The van der Waals surface area contributed by atoms with Crippen LogP contribution in [0.4, 0.5) is 5.82 Å². The maximum atomic E-state index is 5.74. The molecular weight excluding hydrogens is 352 g/mol. The Morgan fingerprint density at radius 3 is 2.79 bits per heavy atom. The van der Waals surface area contributed by atoms with Crippen molar-refractivity contribution < 1.29 is 4.74 Å². The molecule has 2 aromatic heterocycles. The third-order valence-corrected chi connectivity index (χ3v) is 7.01. The average molecular weight is 376 g/mol. The second-order valence-electron chi connectivity index (χ2n) is 8.15. The maximum Gasteiger partial charge on any atom is 0.182 e. The Morgan fingerprint density at radius 2 is 1.93 bits per heavy atom. The summed E-state index contributed by atoms with van der Waals surface area (Å²) in [7, 11) is 1.77. The summed E-state index contributed by atoms with van der Waals surface area (Å²) in [4.78, 5) is 21.9. The first-order chi connectivity index (χ1) is 13.8.